The zero-order valence-corrected chi connectivity index (χ0v) is 16.4. The van der Waals surface area contributed by atoms with Crippen molar-refractivity contribution >= 4 is 18.0 Å². The molecule has 0 aliphatic carbocycles. The predicted octanol–water partition coefficient (Wildman–Crippen LogP) is 1.35. The predicted molar refractivity (Wildman–Crippen MR) is 93.3 cm³/mol. The molecule has 2 fully saturated rings. The van der Waals surface area contributed by atoms with E-state index in [-0.39, 0.29) is 6.04 Å². The highest BCUT2D eigenvalue weighted by Crippen LogP contribution is 2.34. The quantitative estimate of drug-likeness (QED) is 0.711. The van der Waals surface area contributed by atoms with Gasteiger partial charge < -0.3 is 24.8 Å². The van der Waals surface area contributed by atoms with Crippen molar-refractivity contribution in [1.82, 2.24) is 10.2 Å². The van der Waals surface area contributed by atoms with Gasteiger partial charge in [-0.25, -0.2) is 9.59 Å². The smallest absolute Gasteiger partial charge is 0.408 e. The van der Waals surface area contributed by atoms with E-state index in [4.69, 9.17) is 9.47 Å². The Morgan fingerprint density at radius 3 is 2.19 bits per heavy atom. The summed E-state index contributed by atoms with van der Waals surface area (Å²) in [6, 6.07) is -2.06. The normalized spacial score (nSPS) is 29.2. The second-order valence-electron chi connectivity index (χ2n) is 8.95. The molecule has 2 saturated heterocycles. The lowest BCUT2D eigenvalue weighted by Crippen LogP contribution is -2.63. The van der Waals surface area contributed by atoms with E-state index in [1.165, 1.54) is 4.90 Å². The van der Waals surface area contributed by atoms with Gasteiger partial charge in [0.25, 0.3) is 0 Å². The van der Waals surface area contributed by atoms with Crippen molar-refractivity contribution in [3.8, 4) is 0 Å². The van der Waals surface area contributed by atoms with Gasteiger partial charge in [-0.05, 0) is 60.8 Å². The maximum Gasteiger partial charge on any atom is 0.408 e. The number of hydrogen-bond donors (Lipinski definition) is 2. The summed E-state index contributed by atoms with van der Waals surface area (Å²) < 4.78 is 10.6. The van der Waals surface area contributed by atoms with Crippen LogP contribution in [0.4, 0.5) is 4.79 Å². The topological polar surface area (TPSA) is 105 Å². The Bertz CT molecular complexity index is 577. The highest BCUT2D eigenvalue weighted by Gasteiger charge is 2.51. The highest BCUT2D eigenvalue weighted by atomic mass is 16.6. The van der Waals surface area contributed by atoms with Crippen LogP contribution in [0.25, 0.3) is 0 Å². The number of fused-ring (bicyclic) bond motifs is 1. The van der Waals surface area contributed by atoms with Crippen LogP contribution >= 0.6 is 0 Å². The molecule has 0 bridgehead atoms. The maximum absolute atomic E-state index is 12.9. The van der Waals surface area contributed by atoms with E-state index in [1.54, 1.807) is 41.5 Å². The van der Waals surface area contributed by atoms with Crippen LogP contribution in [0.2, 0.25) is 0 Å². The number of aliphatic hydroxyl groups is 1. The minimum atomic E-state index is -1.14. The summed E-state index contributed by atoms with van der Waals surface area (Å²) in [5.41, 5.74) is -1.37. The molecule has 0 unspecified atom stereocenters. The number of piperidine rings is 1. The number of rotatable bonds is 2. The van der Waals surface area contributed by atoms with Crippen LogP contribution in [0.1, 0.15) is 60.8 Å². The summed E-state index contributed by atoms with van der Waals surface area (Å²) in [5.74, 6) is -0.936. The molecular weight excluding hydrogens is 340 g/mol. The number of carbonyl (C=O) groups excluding carboxylic acids is 3. The van der Waals surface area contributed by atoms with Crippen LogP contribution in [-0.4, -0.2) is 63.4 Å². The van der Waals surface area contributed by atoms with Crippen LogP contribution in [0.3, 0.4) is 0 Å². The molecule has 2 amide bonds. The first-order valence-corrected chi connectivity index (χ1v) is 9.01. The number of amides is 2. The zero-order valence-electron chi connectivity index (χ0n) is 16.4. The van der Waals surface area contributed by atoms with Crippen molar-refractivity contribution in [2.75, 3.05) is 0 Å². The Labute approximate surface area is 154 Å². The third kappa shape index (κ3) is 4.87. The van der Waals surface area contributed by atoms with Crippen molar-refractivity contribution in [3.05, 3.63) is 0 Å². The van der Waals surface area contributed by atoms with Gasteiger partial charge in [0.15, 0.2) is 0 Å². The summed E-state index contributed by atoms with van der Waals surface area (Å²) in [4.78, 5) is 38.8. The minimum Gasteiger partial charge on any atom is -0.458 e. The summed E-state index contributed by atoms with van der Waals surface area (Å²) >= 11 is 0. The van der Waals surface area contributed by atoms with Gasteiger partial charge in [-0.3, -0.25) is 4.79 Å². The molecule has 2 heterocycles. The van der Waals surface area contributed by atoms with Crippen molar-refractivity contribution in [2.24, 2.45) is 0 Å². The van der Waals surface area contributed by atoms with E-state index in [0.717, 1.165) is 0 Å². The molecule has 2 aliphatic rings. The monoisotopic (exact) mass is 370 g/mol. The number of carbonyl (C=O) groups is 3. The lowest BCUT2D eigenvalue weighted by atomic mass is 9.95. The molecular formula is C18H30N2O6. The van der Waals surface area contributed by atoms with E-state index in [1.807, 2.05) is 0 Å². The van der Waals surface area contributed by atoms with E-state index in [0.29, 0.717) is 19.3 Å². The van der Waals surface area contributed by atoms with E-state index in [2.05, 4.69) is 5.32 Å². The van der Waals surface area contributed by atoms with Gasteiger partial charge in [0, 0.05) is 6.04 Å². The average Bonchev–Trinajstić information content (AvgIpc) is 2.83. The fourth-order valence-corrected chi connectivity index (χ4v) is 3.38. The summed E-state index contributed by atoms with van der Waals surface area (Å²) in [5, 5.41) is 12.8. The number of nitrogens with zero attached hydrogens (tertiary/aromatic N) is 1. The van der Waals surface area contributed by atoms with Crippen molar-refractivity contribution < 1.29 is 29.0 Å². The van der Waals surface area contributed by atoms with Crippen molar-refractivity contribution in [1.29, 1.82) is 0 Å². The Kier molecular flexibility index (Phi) is 5.56. The first-order valence-electron chi connectivity index (χ1n) is 9.01. The number of alkyl carbamates (subject to hydrolysis) is 1. The number of esters is 1. The Hall–Kier alpha value is -1.83. The van der Waals surface area contributed by atoms with Crippen LogP contribution in [0.15, 0.2) is 0 Å². The summed E-state index contributed by atoms with van der Waals surface area (Å²) in [7, 11) is 0. The fraction of sp³-hybridized carbons (Fsp3) is 0.833. The van der Waals surface area contributed by atoms with Gasteiger partial charge in [0.2, 0.25) is 5.91 Å². The molecule has 0 aromatic rings. The van der Waals surface area contributed by atoms with E-state index >= 15 is 0 Å². The summed E-state index contributed by atoms with van der Waals surface area (Å²) in [6.07, 6.45) is -0.399. The first kappa shape index (κ1) is 20.5. The Morgan fingerprint density at radius 1 is 1.08 bits per heavy atom. The molecule has 0 spiro atoms. The molecule has 2 N–H and O–H groups in total. The molecule has 0 aromatic carbocycles. The lowest BCUT2D eigenvalue weighted by molar-refractivity contribution is -0.167. The van der Waals surface area contributed by atoms with Gasteiger partial charge in [-0.1, -0.05) is 0 Å². The number of nitrogens with one attached hydrogen (secondary N) is 1. The molecule has 2 aliphatic heterocycles. The molecule has 26 heavy (non-hydrogen) atoms. The standard InChI is InChI=1S/C18H30N2O6/c1-17(2,3)25-15(23)11-8-7-10-9-12(21)13(14(22)20(10)11)19-16(24)26-18(4,5)6/h10-13,21H,7-9H2,1-6H3,(H,19,24)/t10-,11+,12+,13-/m1/s1. The van der Waals surface area contributed by atoms with E-state index in [9.17, 15) is 19.5 Å². The van der Waals surface area contributed by atoms with Crippen molar-refractivity contribution in [3.63, 3.8) is 0 Å². The second kappa shape index (κ2) is 7.06. The minimum absolute atomic E-state index is 0.230. The van der Waals surface area contributed by atoms with Gasteiger partial charge in [-0.2, -0.15) is 0 Å². The maximum atomic E-state index is 12.9. The van der Waals surface area contributed by atoms with Gasteiger partial charge in [0.05, 0.1) is 6.10 Å². The zero-order chi connectivity index (χ0) is 19.9. The van der Waals surface area contributed by atoms with Crippen LogP contribution in [0, 0.1) is 0 Å². The molecule has 4 atom stereocenters. The third-order valence-electron chi connectivity index (χ3n) is 4.27. The number of ether oxygens (including phenoxy) is 2. The van der Waals surface area contributed by atoms with Crippen molar-refractivity contribution in [2.45, 2.75) is 96.2 Å². The van der Waals surface area contributed by atoms with Crippen LogP contribution in [0.5, 0.6) is 0 Å². The molecule has 0 radical (unpaired) electrons. The number of hydrogen-bond acceptors (Lipinski definition) is 6. The highest BCUT2D eigenvalue weighted by molar-refractivity contribution is 5.91. The lowest BCUT2D eigenvalue weighted by Gasteiger charge is -2.40. The number of aliphatic hydroxyl groups excluding tert-OH is 1. The second-order valence-corrected chi connectivity index (χ2v) is 8.95. The van der Waals surface area contributed by atoms with Gasteiger partial charge >= 0.3 is 12.1 Å². The fourth-order valence-electron chi connectivity index (χ4n) is 3.38. The van der Waals surface area contributed by atoms with E-state index < -0.39 is 47.4 Å². The third-order valence-corrected chi connectivity index (χ3v) is 4.27. The van der Waals surface area contributed by atoms with Crippen LogP contribution < -0.4 is 5.32 Å². The molecule has 8 nitrogen and oxygen atoms in total. The largest absolute Gasteiger partial charge is 0.458 e. The average molecular weight is 370 g/mol. The van der Waals surface area contributed by atoms with Gasteiger partial charge in [-0.15, -0.1) is 0 Å². The Balaban J connectivity index is 2.11. The molecule has 148 valence electrons. The SMILES string of the molecule is CC(C)(C)OC(=O)N[C@H]1C(=O)N2[C@H](CC[C@H]2C(=O)OC(C)(C)C)C[C@@H]1O. The van der Waals surface area contributed by atoms with Gasteiger partial charge in [0.1, 0.15) is 23.3 Å². The van der Waals surface area contributed by atoms with Crippen LogP contribution in [-0.2, 0) is 19.1 Å². The molecule has 0 aromatic heterocycles. The first-order chi connectivity index (χ1) is 11.8. The Morgan fingerprint density at radius 2 is 1.65 bits per heavy atom. The molecule has 8 heteroatoms. The molecule has 0 saturated carbocycles. The molecule has 2 rings (SSSR count). The summed E-state index contributed by atoms with van der Waals surface area (Å²) in [6.45, 7) is 10.4.